The van der Waals surface area contributed by atoms with Crippen molar-refractivity contribution in [3.63, 3.8) is 0 Å². The zero-order chi connectivity index (χ0) is 19.6. The number of anilines is 2. The summed E-state index contributed by atoms with van der Waals surface area (Å²) in [7, 11) is 0. The van der Waals surface area contributed by atoms with Gasteiger partial charge in [0.25, 0.3) is 5.91 Å². The number of benzene rings is 1. The van der Waals surface area contributed by atoms with E-state index in [0.29, 0.717) is 18.9 Å². The Kier molecular flexibility index (Phi) is 7.81. The molecule has 146 valence electrons. The van der Waals surface area contributed by atoms with Crippen molar-refractivity contribution < 1.29 is 28.6 Å². The highest BCUT2D eigenvalue weighted by Gasteiger charge is 2.17. The Balaban J connectivity index is 1.83. The van der Waals surface area contributed by atoms with Gasteiger partial charge in [-0.15, -0.1) is 0 Å². The minimum absolute atomic E-state index is 0.210. The average molecular weight is 376 g/mol. The number of nitrogens with zero attached hydrogens (tertiary/aromatic N) is 1. The van der Waals surface area contributed by atoms with E-state index in [1.807, 2.05) is 12.1 Å². The summed E-state index contributed by atoms with van der Waals surface area (Å²) in [6, 6.07) is 7.41. The van der Waals surface area contributed by atoms with Gasteiger partial charge in [0.05, 0.1) is 19.8 Å². The first-order chi connectivity index (χ1) is 13.0. The van der Waals surface area contributed by atoms with Crippen molar-refractivity contribution in [2.45, 2.75) is 20.0 Å². The number of ether oxygens (including phenoxy) is 3. The minimum atomic E-state index is -1.01. The van der Waals surface area contributed by atoms with Crippen LogP contribution in [-0.4, -0.2) is 56.9 Å². The number of nitrogens with one attached hydrogen (secondary N) is 1. The Morgan fingerprint density at radius 1 is 1.15 bits per heavy atom. The van der Waals surface area contributed by atoms with E-state index in [4.69, 9.17) is 9.47 Å². The number of carbonyl (C=O) groups is 3. The third-order valence-corrected chi connectivity index (χ3v) is 3.82. The number of morpholine rings is 1. The predicted molar refractivity (Wildman–Crippen MR) is 99.4 cm³/mol. The molecule has 1 heterocycles. The van der Waals surface area contributed by atoms with Crippen molar-refractivity contribution in [2.24, 2.45) is 0 Å². The lowest BCUT2D eigenvalue weighted by Crippen LogP contribution is -2.36. The number of hydrogen-bond acceptors (Lipinski definition) is 7. The van der Waals surface area contributed by atoms with Crippen molar-refractivity contribution in [1.82, 2.24) is 0 Å². The Morgan fingerprint density at radius 3 is 2.41 bits per heavy atom. The second-order valence-electron chi connectivity index (χ2n) is 5.80. The summed E-state index contributed by atoms with van der Waals surface area (Å²) >= 11 is 0. The summed E-state index contributed by atoms with van der Waals surface area (Å²) in [5.41, 5.74) is 1.65. The topological polar surface area (TPSA) is 94.2 Å². The molecule has 1 aromatic rings. The highest BCUT2D eigenvalue weighted by atomic mass is 16.5. The van der Waals surface area contributed by atoms with Gasteiger partial charge in [0.2, 0.25) is 0 Å². The first kappa shape index (κ1) is 20.4. The van der Waals surface area contributed by atoms with Gasteiger partial charge in [-0.05, 0) is 38.1 Å². The number of amides is 1. The molecular formula is C19H24N2O6. The molecule has 0 saturated carbocycles. The van der Waals surface area contributed by atoms with Gasteiger partial charge in [0.15, 0.2) is 6.10 Å². The van der Waals surface area contributed by atoms with Crippen LogP contribution in [0.4, 0.5) is 11.4 Å². The molecule has 1 N–H and O–H groups in total. The van der Waals surface area contributed by atoms with Crippen LogP contribution in [0.25, 0.3) is 0 Å². The summed E-state index contributed by atoms with van der Waals surface area (Å²) in [6.07, 6.45) is 0.878. The highest BCUT2D eigenvalue weighted by molar-refractivity contribution is 5.97. The van der Waals surface area contributed by atoms with Crippen LogP contribution in [0.3, 0.4) is 0 Å². The normalized spacial score (nSPS) is 15.3. The molecule has 1 amide bonds. The van der Waals surface area contributed by atoms with Gasteiger partial charge >= 0.3 is 11.9 Å². The van der Waals surface area contributed by atoms with E-state index in [1.165, 1.54) is 6.92 Å². The van der Waals surface area contributed by atoms with Gasteiger partial charge in [-0.2, -0.15) is 0 Å². The lowest BCUT2D eigenvalue weighted by molar-refractivity contribution is -0.148. The van der Waals surface area contributed by atoms with Crippen LogP contribution in [0.15, 0.2) is 36.4 Å². The summed E-state index contributed by atoms with van der Waals surface area (Å²) in [6.45, 7) is 6.38. The molecule has 0 aliphatic carbocycles. The Bertz CT molecular complexity index is 680. The standard InChI is InChI=1S/C19H24N2O6/c1-3-26-17(22)8-9-18(23)27-14(2)19(24)20-15-4-6-16(7-5-15)21-10-12-25-13-11-21/h4-9,14H,3,10-13H2,1-2H3,(H,20,24)/b9-8+/t14-/m1/s1. The summed E-state index contributed by atoms with van der Waals surface area (Å²) in [5.74, 6) is -1.91. The molecule has 27 heavy (non-hydrogen) atoms. The van der Waals surface area contributed by atoms with Crippen molar-refractivity contribution in [3.05, 3.63) is 36.4 Å². The van der Waals surface area contributed by atoms with Gasteiger partial charge in [-0.25, -0.2) is 9.59 Å². The molecule has 1 aliphatic heterocycles. The predicted octanol–water partition coefficient (Wildman–Crippen LogP) is 1.51. The number of carbonyl (C=O) groups excluding carboxylic acids is 3. The summed E-state index contributed by atoms with van der Waals surface area (Å²) in [4.78, 5) is 37.1. The average Bonchev–Trinajstić information content (AvgIpc) is 2.68. The van der Waals surface area contributed by atoms with E-state index >= 15 is 0 Å². The fourth-order valence-corrected chi connectivity index (χ4v) is 2.41. The number of hydrogen-bond donors (Lipinski definition) is 1. The molecule has 1 atom stereocenters. The maximum absolute atomic E-state index is 12.1. The van der Waals surface area contributed by atoms with Gasteiger partial charge in [-0.1, -0.05) is 0 Å². The zero-order valence-corrected chi connectivity index (χ0v) is 15.5. The van der Waals surface area contributed by atoms with Gasteiger partial charge < -0.3 is 24.4 Å². The first-order valence-corrected chi connectivity index (χ1v) is 8.78. The molecule has 0 spiro atoms. The smallest absolute Gasteiger partial charge is 0.331 e. The Morgan fingerprint density at radius 2 is 1.78 bits per heavy atom. The fourth-order valence-electron chi connectivity index (χ4n) is 2.41. The molecule has 0 bridgehead atoms. The number of rotatable bonds is 7. The van der Waals surface area contributed by atoms with Gasteiger partial charge in [-0.3, -0.25) is 4.79 Å². The molecule has 8 nitrogen and oxygen atoms in total. The van der Waals surface area contributed by atoms with Gasteiger partial charge in [0, 0.05) is 36.6 Å². The van der Waals surface area contributed by atoms with Gasteiger partial charge in [0.1, 0.15) is 0 Å². The van der Waals surface area contributed by atoms with E-state index in [9.17, 15) is 14.4 Å². The van der Waals surface area contributed by atoms with Crippen LogP contribution in [0.1, 0.15) is 13.8 Å². The molecular weight excluding hydrogens is 352 g/mol. The van der Waals surface area contributed by atoms with Crippen molar-refractivity contribution in [3.8, 4) is 0 Å². The van der Waals surface area contributed by atoms with Crippen LogP contribution < -0.4 is 10.2 Å². The third-order valence-electron chi connectivity index (χ3n) is 3.82. The van der Waals surface area contributed by atoms with Crippen LogP contribution in [0.2, 0.25) is 0 Å². The molecule has 1 saturated heterocycles. The minimum Gasteiger partial charge on any atom is -0.463 e. The fraction of sp³-hybridized carbons (Fsp3) is 0.421. The van der Waals surface area contributed by atoms with E-state index in [-0.39, 0.29) is 6.61 Å². The van der Waals surface area contributed by atoms with E-state index in [0.717, 1.165) is 30.9 Å². The largest absolute Gasteiger partial charge is 0.463 e. The van der Waals surface area contributed by atoms with Crippen LogP contribution in [0.5, 0.6) is 0 Å². The second kappa shape index (κ2) is 10.3. The molecule has 0 radical (unpaired) electrons. The van der Waals surface area contributed by atoms with Crippen LogP contribution >= 0.6 is 0 Å². The van der Waals surface area contributed by atoms with Crippen LogP contribution in [-0.2, 0) is 28.6 Å². The molecule has 0 aromatic heterocycles. The van der Waals surface area contributed by atoms with Crippen molar-refractivity contribution in [1.29, 1.82) is 0 Å². The lowest BCUT2D eigenvalue weighted by atomic mass is 10.2. The molecule has 8 heteroatoms. The lowest BCUT2D eigenvalue weighted by Gasteiger charge is -2.28. The van der Waals surface area contributed by atoms with Crippen LogP contribution in [0, 0.1) is 0 Å². The SMILES string of the molecule is CCOC(=O)/C=C/C(=O)O[C@H](C)C(=O)Nc1ccc(N2CCOCC2)cc1. The highest BCUT2D eigenvalue weighted by Crippen LogP contribution is 2.19. The summed E-state index contributed by atoms with van der Waals surface area (Å²) < 4.78 is 14.9. The van der Waals surface area contributed by atoms with E-state index in [1.54, 1.807) is 19.1 Å². The van der Waals surface area contributed by atoms with E-state index in [2.05, 4.69) is 15.0 Å². The molecule has 1 aromatic carbocycles. The third kappa shape index (κ3) is 6.74. The Hall–Kier alpha value is -2.87. The van der Waals surface area contributed by atoms with Crippen molar-refractivity contribution in [2.75, 3.05) is 43.1 Å². The Labute approximate surface area is 158 Å². The maximum Gasteiger partial charge on any atom is 0.331 e. The number of esters is 2. The van der Waals surface area contributed by atoms with E-state index < -0.39 is 23.9 Å². The quantitative estimate of drug-likeness (QED) is 0.569. The second-order valence-corrected chi connectivity index (χ2v) is 5.80. The molecule has 2 rings (SSSR count). The molecule has 1 aliphatic rings. The van der Waals surface area contributed by atoms with Crippen molar-refractivity contribution >= 4 is 29.2 Å². The first-order valence-electron chi connectivity index (χ1n) is 8.78. The molecule has 1 fully saturated rings. The maximum atomic E-state index is 12.1. The zero-order valence-electron chi connectivity index (χ0n) is 15.5. The molecule has 0 unspecified atom stereocenters. The monoisotopic (exact) mass is 376 g/mol. The summed E-state index contributed by atoms with van der Waals surface area (Å²) in [5, 5.41) is 2.69.